The van der Waals surface area contributed by atoms with Gasteiger partial charge in [0, 0.05) is 47.3 Å². The molecule has 7 heteroatoms. The summed E-state index contributed by atoms with van der Waals surface area (Å²) < 4.78 is 5.86. The summed E-state index contributed by atoms with van der Waals surface area (Å²) in [4.78, 5) is 37.6. The molecular formula is C26H48N2O5. The minimum atomic E-state index is -0.282. The molecule has 0 N–H and O–H groups in total. The first-order valence-electron chi connectivity index (χ1n) is 12.6. The van der Waals surface area contributed by atoms with Crippen LogP contribution in [0.4, 0.5) is 0 Å². The summed E-state index contributed by atoms with van der Waals surface area (Å²) in [5, 5.41) is 4.10. The second-order valence-electron chi connectivity index (χ2n) is 12.3. The Hall–Kier alpha value is -1.02. The van der Waals surface area contributed by atoms with Crippen LogP contribution in [0.15, 0.2) is 0 Å². The zero-order valence-corrected chi connectivity index (χ0v) is 22.7. The van der Waals surface area contributed by atoms with Gasteiger partial charge in [-0.15, -0.1) is 0 Å². The van der Waals surface area contributed by atoms with E-state index in [-0.39, 0.29) is 58.8 Å². The number of Topliss-reactive ketones (excluding diaryl/α,β-unsaturated/α-hetero) is 1. The number of hydrogen-bond acceptors (Lipinski definition) is 7. The minimum Gasteiger partial charge on any atom is -0.462 e. The van der Waals surface area contributed by atoms with E-state index in [9.17, 15) is 9.59 Å². The van der Waals surface area contributed by atoms with Crippen molar-refractivity contribution in [3.63, 3.8) is 0 Å². The smallest absolute Gasteiger partial charge is 0.306 e. The number of hydrogen-bond donors (Lipinski definition) is 0. The fourth-order valence-electron chi connectivity index (χ4n) is 6.38. The molecular weight excluding hydrogens is 420 g/mol. The van der Waals surface area contributed by atoms with Gasteiger partial charge in [0.1, 0.15) is 11.9 Å². The van der Waals surface area contributed by atoms with E-state index in [0.29, 0.717) is 26.1 Å². The van der Waals surface area contributed by atoms with Crippen LogP contribution in [0.5, 0.6) is 0 Å². The molecule has 0 radical (unpaired) electrons. The lowest BCUT2D eigenvalue weighted by atomic mass is 9.73. The Balaban J connectivity index is 1.93. The van der Waals surface area contributed by atoms with Crippen molar-refractivity contribution >= 4 is 11.8 Å². The SMILES string of the molecule is CCON1C(C)(C)CC(OC(=O)CCC(=O)C2CC(C)(C)N(OCC)C(C)(C)C2)CC1(C)C. The van der Waals surface area contributed by atoms with Gasteiger partial charge in [-0.1, -0.05) is 0 Å². The summed E-state index contributed by atoms with van der Waals surface area (Å²) in [6.45, 7) is 22.1. The lowest BCUT2D eigenvalue weighted by Crippen LogP contribution is -2.62. The second kappa shape index (κ2) is 10.3. The highest BCUT2D eigenvalue weighted by atomic mass is 16.7. The average Bonchev–Trinajstić information content (AvgIpc) is 2.64. The molecule has 0 aromatic heterocycles. The van der Waals surface area contributed by atoms with Crippen molar-refractivity contribution in [3.05, 3.63) is 0 Å². The number of rotatable bonds is 9. The molecule has 2 aliphatic heterocycles. The first kappa shape index (κ1) is 28.2. The fraction of sp³-hybridized carbons (Fsp3) is 0.923. The van der Waals surface area contributed by atoms with Crippen LogP contribution in [0.2, 0.25) is 0 Å². The number of ketones is 1. The molecule has 2 rings (SSSR count). The van der Waals surface area contributed by atoms with Crippen LogP contribution in [0.25, 0.3) is 0 Å². The number of carbonyl (C=O) groups is 2. The lowest BCUT2D eigenvalue weighted by molar-refractivity contribution is -0.290. The molecule has 7 nitrogen and oxygen atoms in total. The quantitative estimate of drug-likeness (QED) is 0.437. The van der Waals surface area contributed by atoms with E-state index in [0.717, 1.165) is 12.8 Å². The molecule has 0 bridgehead atoms. The van der Waals surface area contributed by atoms with Gasteiger partial charge in [-0.2, -0.15) is 10.1 Å². The molecule has 2 saturated heterocycles. The van der Waals surface area contributed by atoms with Crippen LogP contribution >= 0.6 is 0 Å². The molecule has 33 heavy (non-hydrogen) atoms. The molecule has 2 fully saturated rings. The number of esters is 1. The van der Waals surface area contributed by atoms with Crippen molar-refractivity contribution in [3.8, 4) is 0 Å². The number of hydroxylamine groups is 4. The van der Waals surface area contributed by atoms with Crippen LogP contribution in [0.3, 0.4) is 0 Å². The first-order valence-corrected chi connectivity index (χ1v) is 12.6. The summed E-state index contributed by atoms with van der Waals surface area (Å²) in [6, 6.07) is 0. The monoisotopic (exact) mass is 468 g/mol. The molecule has 2 heterocycles. The normalized spacial score (nSPS) is 25.6. The fourth-order valence-corrected chi connectivity index (χ4v) is 6.38. The molecule has 2 aliphatic rings. The molecule has 0 spiro atoms. The van der Waals surface area contributed by atoms with Crippen LogP contribution in [0, 0.1) is 5.92 Å². The Morgan fingerprint density at radius 2 is 1.09 bits per heavy atom. The zero-order chi connectivity index (χ0) is 25.2. The van der Waals surface area contributed by atoms with Gasteiger partial charge in [0.15, 0.2) is 0 Å². The van der Waals surface area contributed by atoms with Gasteiger partial charge in [-0.05, 0) is 82.1 Å². The Labute approximate surface area is 201 Å². The Morgan fingerprint density at radius 3 is 1.48 bits per heavy atom. The molecule has 192 valence electrons. The van der Waals surface area contributed by atoms with Crippen LogP contribution in [-0.4, -0.2) is 63.4 Å². The summed E-state index contributed by atoms with van der Waals surface area (Å²) in [5.74, 6) is -0.210. The van der Waals surface area contributed by atoms with E-state index >= 15 is 0 Å². The number of ether oxygens (including phenoxy) is 1. The van der Waals surface area contributed by atoms with E-state index in [1.165, 1.54) is 0 Å². The standard InChI is InChI=1S/C26H48N2O5/c1-11-31-27-23(3,4)15-19(16-24(27,5)6)21(29)13-14-22(30)33-20-17-25(7,8)28(32-12-2)26(9,10)18-20/h19-20H,11-18H2,1-10H3. The van der Waals surface area contributed by atoms with Gasteiger partial charge >= 0.3 is 5.97 Å². The highest BCUT2D eigenvalue weighted by molar-refractivity contribution is 5.85. The summed E-state index contributed by atoms with van der Waals surface area (Å²) >= 11 is 0. The van der Waals surface area contributed by atoms with Gasteiger partial charge in [0.25, 0.3) is 0 Å². The van der Waals surface area contributed by atoms with E-state index < -0.39 is 0 Å². The van der Waals surface area contributed by atoms with Gasteiger partial charge in [0.05, 0.1) is 19.6 Å². The number of carbonyl (C=O) groups excluding carboxylic acids is 2. The zero-order valence-electron chi connectivity index (χ0n) is 22.7. The van der Waals surface area contributed by atoms with Crippen molar-refractivity contribution in [2.24, 2.45) is 5.92 Å². The van der Waals surface area contributed by atoms with E-state index in [1.807, 2.05) is 18.9 Å². The third-order valence-corrected chi connectivity index (χ3v) is 6.99. The van der Waals surface area contributed by atoms with E-state index in [4.69, 9.17) is 14.4 Å². The van der Waals surface area contributed by atoms with Crippen molar-refractivity contribution in [2.45, 2.75) is 136 Å². The topological polar surface area (TPSA) is 68.3 Å². The predicted octanol–water partition coefficient (Wildman–Crippen LogP) is 5.07. The highest BCUT2D eigenvalue weighted by Crippen LogP contribution is 2.43. The van der Waals surface area contributed by atoms with Crippen molar-refractivity contribution in [2.75, 3.05) is 13.2 Å². The lowest BCUT2D eigenvalue weighted by Gasteiger charge is -2.53. The molecule has 0 aromatic carbocycles. The van der Waals surface area contributed by atoms with Crippen LogP contribution in [-0.2, 0) is 24.0 Å². The third kappa shape index (κ3) is 6.77. The number of piperidine rings is 2. The predicted molar refractivity (Wildman–Crippen MR) is 129 cm³/mol. The largest absolute Gasteiger partial charge is 0.462 e. The maximum absolute atomic E-state index is 13.1. The van der Waals surface area contributed by atoms with E-state index in [1.54, 1.807) is 0 Å². The summed E-state index contributed by atoms with van der Waals surface area (Å²) in [5.41, 5.74) is -0.983. The summed E-state index contributed by atoms with van der Waals surface area (Å²) in [7, 11) is 0. The Bertz CT molecular complexity index is 665. The molecule has 0 unspecified atom stereocenters. The van der Waals surface area contributed by atoms with Crippen LogP contribution < -0.4 is 0 Å². The molecule has 0 amide bonds. The molecule has 0 aliphatic carbocycles. The van der Waals surface area contributed by atoms with E-state index in [2.05, 4.69) is 60.5 Å². The highest BCUT2D eigenvalue weighted by Gasteiger charge is 2.49. The second-order valence-corrected chi connectivity index (χ2v) is 12.3. The van der Waals surface area contributed by atoms with Gasteiger partial charge in [-0.25, -0.2) is 0 Å². The van der Waals surface area contributed by atoms with Crippen molar-refractivity contribution in [1.29, 1.82) is 0 Å². The third-order valence-electron chi connectivity index (χ3n) is 6.99. The Morgan fingerprint density at radius 1 is 0.697 bits per heavy atom. The minimum absolute atomic E-state index is 0.0770. The Kier molecular flexibility index (Phi) is 8.81. The van der Waals surface area contributed by atoms with Gasteiger partial charge < -0.3 is 4.74 Å². The van der Waals surface area contributed by atoms with Crippen molar-refractivity contribution < 1.29 is 24.0 Å². The molecule has 0 saturated carbocycles. The van der Waals surface area contributed by atoms with Crippen molar-refractivity contribution in [1.82, 2.24) is 10.1 Å². The van der Waals surface area contributed by atoms with Gasteiger partial charge in [0.2, 0.25) is 0 Å². The number of nitrogens with zero attached hydrogens (tertiary/aromatic N) is 2. The average molecular weight is 469 g/mol. The maximum atomic E-state index is 13.1. The van der Waals surface area contributed by atoms with Crippen LogP contribution in [0.1, 0.15) is 108 Å². The molecule has 0 atom stereocenters. The summed E-state index contributed by atoms with van der Waals surface area (Å²) in [6.07, 6.45) is 3.04. The molecule has 0 aromatic rings. The first-order chi connectivity index (χ1) is 15.1. The maximum Gasteiger partial charge on any atom is 0.306 e. The van der Waals surface area contributed by atoms with Gasteiger partial charge in [-0.3, -0.25) is 19.3 Å².